The number of aliphatic imine (C=N–C) groups is 1. The topological polar surface area (TPSA) is 91.4 Å². The number of hydrogen-bond acceptors (Lipinski definition) is 6. The molecule has 1 amide bonds. The van der Waals surface area contributed by atoms with Crippen LogP contribution in [-0.2, 0) is 6.42 Å². The lowest BCUT2D eigenvalue weighted by atomic mass is 9.97. The summed E-state index contributed by atoms with van der Waals surface area (Å²) < 4.78 is 0. The minimum atomic E-state index is -0.401. The second kappa shape index (κ2) is 8.27. The molecular weight excluding hydrogens is 402 g/mol. The van der Waals surface area contributed by atoms with Crippen molar-refractivity contribution < 1.29 is 9.72 Å². The summed E-state index contributed by atoms with van der Waals surface area (Å²) in [5.74, 6) is 1.35. The van der Waals surface area contributed by atoms with Crippen LogP contribution in [0.3, 0.4) is 0 Å². The second-order valence-electron chi connectivity index (χ2n) is 7.07. The number of thioether (sulfide) groups is 1. The van der Waals surface area contributed by atoms with Gasteiger partial charge in [0.1, 0.15) is 5.84 Å². The van der Waals surface area contributed by atoms with Gasteiger partial charge in [-0.15, -0.1) is 0 Å². The summed E-state index contributed by atoms with van der Waals surface area (Å²) in [5.41, 5.74) is 5.10. The Kier molecular flexibility index (Phi) is 5.54. The normalized spacial score (nSPS) is 16.9. The van der Waals surface area contributed by atoms with Crippen LogP contribution in [0.25, 0.3) is 0 Å². The van der Waals surface area contributed by atoms with E-state index in [1.807, 2.05) is 6.07 Å². The zero-order valence-corrected chi connectivity index (χ0v) is 17.6. The Morgan fingerprint density at radius 2 is 2.00 bits per heavy atom. The molecule has 0 aliphatic carbocycles. The fraction of sp³-hybridized carbons (Fsp3) is 0.286. The minimum Gasteiger partial charge on any atom is -0.326 e. The van der Waals surface area contributed by atoms with Crippen LogP contribution in [0.1, 0.15) is 23.1 Å². The van der Waals surface area contributed by atoms with Crippen LogP contribution in [0.4, 0.5) is 16.2 Å². The van der Waals surface area contributed by atoms with Crippen molar-refractivity contribution in [2.45, 2.75) is 12.8 Å². The van der Waals surface area contributed by atoms with E-state index < -0.39 is 4.92 Å². The molecule has 4 rings (SSSR count). The van der Waals surface area contributed by atoms with Gasteiger partial charge in [-0.05, 0) is 48.2 Å². The highest BCUT2D eigenvalue weighted by molar-refractivity contribution is 8.14. The van der Waals surface area contributed by atoms with Crippen molar-refractivity contribution in [2.75, 3.05) is 31.3 Å². The van der Waals surface area contributed by atoms with Gasteiger partial charge in [-0.25, -0.2) is 5.01 Å². The second-order valence-corrected chi connectivity index (χ2v) is 8.00. The molecule has 30 heavy (non-hydrogen) atoms. The summed E-state index contributed by atoms with van der Waals surface area (Å²) in [5, 5.41) is 16.7. The number of fused-ring (bicyclic) bond motifs is 1. The Balaban J connectivity index is 1.66. The average Bonchev–Trinajstić information content (AvgIpc) is 2.76. The molecule has 154 valence electrons. The Morgan fingerprint density at radius 1 is 1.23 bits per heavy atom. The van der Waals surface area contributed by atoms with Gasteiger partial charge in [-0.3, -0.25) is 19.9 Å². The van der Waals surface area contributed by atoms with Gasteiger partial charge in [0, 0.05) is 49.8 Å². The Labute approximate surface area is 178 Å². The molecular formula is C21H21N5O3S. The van der Waals surface area contributed by atoms with Crippen molar-refractivity contribution in [3.05, 3.63) is 69.3 Å². The number of carbonyl (C=O) groups is 1. The van der Waals surface area contributed by atoms with Crippen LogP contribution in [0.15, 0.2) is 52.6 Å². The third-order valence-electron chi connectivity index (χ3n) is 5.20. The maximum atomic E-state index is 11.7. The minimum absolute atomic E-state index is 0.0465. The zero-order valence-electron chi connectivity index (χ0n) is 16.7. The van der Waals surface area contributed by atoms with E-state index >= 15 is 0 Å². The third-order valence-corrected chi connectivity index (χ3v) is 6.13. The number of hydrazone groups is 1. The fourth-order valence-corrected chi connectivity index (χ4v) is 4.46. The van der Waals surface area contributed by atoms with Crippen LogP contribution in [0, 0.1) is 10.1 Å². The van der Waals surface area contributed by atoms with E-state index in [0.717, 1.165) is 47.7 Å². The number of amidine groups is 1. The molecule has 0 spiro atoms. The SMILES string of the molecule is C/N=C(/c1ccc([N+](=O)[O-])cc1)N1CCCc2cc(C3=NN(C)C(=O)SC3)ccc21. The van der Waals surface area contributed by atoms with Crippen LogP contribution in [-0.4, -0.2) is 53.1 Å². The van der Waals surface area contributed by atoms with Gasteiger partial charge in [0.05, 0.1) is 10.6 Å². The number of carbonyl (C=O) groups excluding carboxylic acids is 1. The Morgan fingerprint density at radius 3 is 2.67 bits per heavy atom. The highest BCUT2D eigenvalue weighted by Crippen LogP contribution is 2.31. The van der Waals surface area contributed by atoms with Crippen molar-refractivity contribution in [3.63, 3.8) is 0 Å². The maximum Gasteiger partial charge on any atom is 0.301 e. The first kappa shape index (κ1) is 20.1. The lowest BCUT2D eigenvalue weighted by Crippen LogP contribution is -2.36. The molecule has 0 saturated carbocycles. The van der Waals surface area contributed by atoms with Crippen molar-refractivity contribution in [1.29, 1.82) is 0 Å². The number of hydrogen-bond donors (Lipinski definition) is 0. The number of nitro groups is 1. The number of amides is 1. The molecule has 8 nitrogen and oxygen atoms in total. The van der Waals surface area contributed by atoms with Gasteiger partial charge >= 0.3 is 5.24 Å². The van der Waals surface area contributed by atoms with E-state index in [-0.39, 0.29) is 10.9 Å². The van der Waals surface area contributed by atoms with E-state index in [9.17, 15) is 14.9 Å². The van der Waals surface area contributed by atoms with Gasteiger partial charge < -0.3 is 4.90 Å². The molecule has 0 bridgehead atoms. The first-order valence-electron chi connectivity index (χ1n) is 9.58. The zero-order chi connectivity index (χ0) is 21.3. The van der Waals surface area contributed by atoms with Gasteiger partial charge in [0.2, 0.25) is 0 Å². The number of non-ortho nitro benzene ring substituents is 1. The van der Waals surface area contributed by atoms with Crippen LogP contribution < -0.4 is 4.90 Å². The van der Waals surface area contributed by atoms with Crippen molar-refractivity contribution in [2.24, 2.45) is 10.1 Å². The predicted molar refractivity (Wildman–Crippen MR) is 120 cm³/mol. The summed E-state index contributed by atoms with van der Waals surface area (Å²) in [6, 6.07) is 12.7. The van der Waals surface area contributed by atoms with Crippen molar-refractivity contribution in [3.8, 4) is 0 Å². The molecule has 0 atom stereocenters. The largest absolute Gasteiger partial charge is 0.326 e. The molecule has 0 N–H and O–H groups in total. The molecule has 2 heterocycles. The van der Waals surface area contributed by atoms with Crippen molar-refractivity contribution in [1.82, 2.24) is 5.01 Å². The molecule has 0 saturated heterocycles. The first-order chi connectivity index (χ1) is 14.5. The molecule has 2 aromatic carbocycles. The standard InChI is InChI=1S/C21H21N5O3S/c1-22-20(14-5-8-17(9-6-14)26(28)29)25-11-3-4-16-12-15(7-10-19(16)25)18-13-30-21(27)24(2)23-18/h5-10,12H,3-4,11,13H2,1-2H3/b22-20-. The summed E-state index contributed by atoms with van der Waals surface area (Å²) in [7, 11) is 3.41. The Hall–Kier alpha value is -3.20. The third kappa shape index (κ3) is 3.80. The van der Waals surface area contributed by atoms with E-state index in [1.54, 1.807) is 26.2 Å². The van der Waals surface area contributed by atoms with E-state index in [1.165, 1.54) is 34.5 Å². The van der Waals surface area contributed by atoms with Gasteiger partial charge in [0.25, 0.3) is 5.69 Å². The van der Waals surface area contributed by atoms with Crippen LogP contribution in [0.5, 0.6) is 0 Å². The van der Waals surface area contributed by atoms with E-state index in [2.05, 4.69) is 27.1 Å². The molecule has 0 aromatic heterocycles. The van der Waals surface area contributed by atoms with Gasteiger partial charge in [-0.1, -0.05) is 17.8 Å². The molecule has 9 heteroatoms. The number of benzene rings is 2. The summed E-state index contributed by atoms with van der Waals surface area (Å²) in [4.78, 5) is 28.9. The van der Waals surface area contributed by atoms with E-state index in [0.29, 0.717) is 5.75 Å². The van der Waals surface area contributed by atoms with Crippen LogP contribution >= 0.6 is 11.8 Å². The number of nitrogens with zero attached hydrogens (tertiary/aromatic N) is 5. The number of anilines is 1. The van der Waals surface area contributed by atoms with Gasteiger partial charge in [0.15, 0.2) is 0 Å². The smallest absolute Gasteiger partial charge is 0.301 e. The highest BCUT2D eigenvalue weighted by Gasteiger charge is 2.24. The number of rotatable bonds is 3. The van der Waals surface area contributed by atoms with Crippen molar-refractivity contribution >= 4 is 39.9 Å². The lowest BCUT2D eigenvalue weighted by molar-refractivity contribution is -0.384. The molecule has 2 aliphatic rings. The summed E-state index contributed by atoms with van der Waals surface area (Å²) >= 11 is 1.25. The molecule has 2 aliphatic heterocycles. The number of aryl methyl sites for hydroxylation is 1. The summed E-state index contributed by atoms with van der Waals surface area (Å²) in [6.07, 6.45) is 1.92. The lowest BCUT2D eigenvalue weighted by Gasteiger charge is -2.32. The van der Waals surface area contributed by atoms with E-state index in [4.69, 9.17) is 0 Å². The highest BCUT2D eigenvalue weighted by atomic mass is 32.2. The molecule has 0 radical (unpaired) electrons. The fourth-order valence-electron chi connectivity index (χ4n) is 3.75. The van der Waals surface area contributed by atoms with Crippen LogP contribution in [0.2, 0.25) is 0 Å². The quantitative estimate of drug-likeness (QED) is 0.323. The maximum absolute atomic E-state index is 11.7. The monoisotopic (exact) mass is 423 g/mol. The Bertz CT molecular complexity index is 1060. The first-order valence-corrected chi connectivity index (χ1v) is 10.6. The molecule has 2 aromatic rings. The number of nitro benzene ring substituents is 1. The predicted octanol–water partition coefficient (Wildman–Crippen LogP) is 3.93. The molecule has 0 fully saturated rings. The molecule has 0 unspecified atom stereocenters. The summed E-state index contributed by atoms with van der Waals surface area (Å²) in [6.45, 7) is 0.823. The average molecular weight is 423 g/mol. The van der Waals surface area contributed by atoms with Gasteiger partial charge in [-0.2, -0.15) is 5.10 Å².